The molecule has 98 valence electrons. The van der Waals surface area contributed by atoms with Crippen molar-refractivity contribution in [2.75, 3.05) is 13.2 Å². The Morgan fingerprint density at radius 2 is 2.06 bits per heavy atom. The van der Waals surface area contributed by atoms with E-state index >= 15 is 0 Å². The summed E-state index contributed by atoms with van der Waals surface area (Å²) in [6, 6.07) is 8.00. The predicted octanol–water partition coefficient (Wildman–Crippen LogP) is 3.02. The molecule has 1 fully saturated rings. The van der Waals surface area contributed by atoms with E-state index in [0.717, 1.165) is 30.6 Å². The van der Waals surface area contributed by atoms with Gasteiger partial charge in [-0.05, 0) is 49.1 Å². The Hall–Kier alpha value is -1.09. The topological polar surface area (TPSA) is 35.2 Å². The highest BCUT2D eigenvalue weighted by Crippen LogP contribution is 2.48. The molecule has 1 saturated carbocycles. The van der Waals surface area contributed by atoms with Gasteiger partial charge in [-0.2, -0.15) is 0 Å². The van der Waals surface area contributed by atoms with Crippen LogP contribution in [0.2, 0.25) is 0 Å². The van der Waals surface area contributed by atoms with E-state index in [1.54, 1.807) is 0 Å². The fourth-order valence-corrected chi connectivity index (χ4v) is 3.05. The molecule has 3 rings (SSSR count). The minimum absolute atomic E-state index is 0.150. The first kappa shape index (κ1) is 12.0. The first-order chi connectivity index (χ1) is 8.73. The molecule has 2 aliphatic rings. The van der Waals surface area contributed by atoms with Crippen molar-refractivity contribution in [2.45, 2.75) is 37.3 Å². The van der Waals surface area contributed by atoms with Crippen LogP contribution in [0, 0.1) is 5.92 Å². The molecule has 1 aromatic rings. The molecule has 0 spiro atoms. The molecule has 1 aliphatic heterocycles. The van der Waals surface area contributed by atoms with Crippen molar-refractivity contribution in [3.63, 3.8) is 0 Å². The lowest BCUT2D eigenvalue weighted by Gasteiger charge is -2.32. The lowest BCUT2D eigenvalue weighted by atomic mass is 9.81. The molecule has 1 aliphatic carbocycles. The summed E-state index contributed by atoms with van der Waals surface area (Å²) in [5.74, 6) is 1.37. The third-order valence-electron chi connectivity index (χ3n) is 4.32. The summed E-state index contributed by atoms with van der Waals surface area (Å²) in [4.78, 5) is 0. The van der Waals surface area contributed by atoms with Crippen LogP contribution < -0.4 is 10.5 Å². The number of fused-ring (bicyclic) bond motifs is 1. The minimum atomic E-state index is -1.17. The van der Waals surface area contributed by atoms with Crippen LogP contribution in [-0.4, -0.2) is 18.8 Å². The van der Waals surface area contributed by atoms with Crippen LogP contribution in [0.1, 0.15) is 37.2 Å². The summed E-state index contributed by atoms with van der Waals surface area (Å²) in [7, 11) is 0. The number of benzene rings is 1. The van der Waals surface area contributed by atoms with E-state index in [2.05, 4.69) is 6.07 Å². The van der Waals surface area contributed by atoms with Crippen LogP contribution in [0.25, 0.3) is 0 Å². The van der Waals surface area contributed by atoms with E-state index in [-0.39, 0.29) is 18.4 Å². The van der Waals surface area contributed by atoms with E-state index in [1.165, 1.54) is 0 Å². The van der Waals surface area contributed by atoms with Gasteiger partial charge >= 0.3 is 0 Å². The second-order valence-corrected chi connectivity index (χ2v) is 5.59. The van der Waals surface area contributed by atoms with Gasteiger partial charge in [-0.15, -0.1) is 0 Å². The number of para-hydroxylation sites is 1. The van der Waals surface area contributed by atoms with Crippen LogP contribution in [0.15, 0.2) is 24.3 Å². The van der Waals surface area contributed by atoms with Crippen LogP contribution in [0.5, 0.6) is 5.75 Å². The maximum atomic E-state index is 14.8. The maximum absolute atomic E-state index is 14.8. The average molecular weight is 249 g/mol. The third kappa shape index (κ3) is 2.12. The molecule has 0 saturated heterocycles. The van der Waals surface area contributed by atoms with Crippen molar-refractivity contribution >= 4 is 0 Å². The van der Waals surface area contributed by atoms with E-state index in [4.69, 9.17) is 10.5 Å². The zero-order valence-electron chi connectivity index (χ0n) is 10.6. The Labute approximate surface area is 107 Å². The number of nitrogens with two attached hydrogens (primary N) is 1. The molecular weight excluding hydrogens is 229 g/mol. The Bertz CT molecular complexity index is 432. The number of hydrogen-bond donors (Lipinski definition) is 1. The average Bonchev–Trinajstić information content (AvgIpc) is 3.24. The molecule has 2 N–H and O–H groups in total. The zero-order chi connectivity index (χ0) is 12.6. The fourth-order valence-electron chi connectivity index (χ4n) is 3.05. The molecule has 2 nitrogen and oxygen atoms in total. The number of halogens is 1. The summed E-state index contributed by atoms with van der Waals surface area (Å²) in [6.07, 6.45) is 3.45. The lowest BCUT2D eigenvalue weighted by molar-refractivity contribution is 0.109. The molecular formula is C15H20FNO. The lowest BCUT2D eigenvalue weighted by Crippen LogP contribution is -2.37. The summed E-state index contributed by atoms with van der Waals surface area (Å²) in [5.41, 5.74) is 5.66. The van der Waals surface area contributed by atoms with Crippen molar-refractivity contribution in [1.82, 2.24) is 0 Å². The fraction of sp³-hybridized carbons (Fsp3) is 0.600. The number of ether oxygens (including phenoxy) is 1. The molecule has 0 bridgehead atoms. The second kappa shape index (κ2) is 4.54. The standard InChI is InChI=1S/C15H20FNO/c16-15(10-17,12-5-6-12)9-11-7-8-18-14-4-2-1-3-13(11)14/h1-4,11-12H,5-10,17H2. The van der Waals surface area contributed by atoms with Gasteiger partial charge in [0.2, 0.25) is 0 Å². The van der Waals surface area contributed by atoms with Gasteiger partial charge in [-0.1, -0.05) is 18.2 Å². The third-order valence-corrected chi connectivity index (χ3v) is 4.32. The summed E-state index contributed by atoms with van der Waals surface area (Å²) in [6.45, 7) is 0.837. The van der Waals surface area contributed by atoms with Crippen LogP contribution in [0.4, 0.5) is 4.39 Å². The molecule has 1 heterocycles. The van der Waals surface area contributed by atoms with Crippen molar-refractivity contribution in [2.24, 2.45) is 11.7 Å². The normalized spacial score (nSPS) is 26.0. The summed E-state index contributed by atoms with van der Waals surface area (Å²) >= 11 is 0. The first-order valence-corrected chi connectivity index (χ1v) is 6.83. The Morgan fingerprint density at radius 3 is 2.78 bits per heavy atom. The van der Waals surface area contributed by atoms with Crippen LogP contribution in [0.3, 0.4) is 0 Å². The number of rotatable bonds is 4. The van der Waals surface area contributed by atoms with Gasteiger partial charge in [-0.25, -0.2) is 4.39 Å². The highest BCUT2D eigenvalue weighted by Gasteiger charge is 2.46. The van der Waals surface area contributed by atoms with Crippen molar-refractivity contribution in [3.8, 4) is 5.75 Å². The van der Waals surface area contributed by atoms with Crippen LogP contribution in [-0.2, 0) is 0 Å². The first-order valence-electron chi connectivity index (χ1n) is 6.83. The summed E-state index contributed by atoms with van der Waals surface area (Å²) < 4.78 is 20.4. The monoisotopic (exact) mass is 249 g/mol. The van der Waals surface area contributed by atoms with E-state index in [1.807, 2.05) is 18.2 Å². The second-order valence-electron chi connectivity index (χ2n) is 5.59. The SMILES string of the molecule is NCC(F)(CC1CCOc2ccccc21)C1CC1. The quantitative estimate of drug-likeness (QED) is 0.890. The van der Waals surface area contributed by atoms with E-state index < -0.39 is 5.67 Å². The highest BCUT2D eigenvalue weighted by atomic mass is 19.1. The molecule has 2 atom stereocenters. The van der Waals surface area contributed by atoms with Crippen LogP contribution >= 0.6 is 0 Å². The molecule has 0 radical (unpaired) electrons. The van der Waals surface area contributed by atoms with E-state index in [0.29, 0.717) is 13.0 Å². The number of hydrogen-bond acceptors (Lipinski definition) is 2. The molecule has 18 heavy (non-hydrogen) atoms. The Balaban J connectivity index is 1.81. The van der Waals surface area contributed by atoms with Crippen molar-refractivity contribution in [3.05, 3.63) is 29.8 Å². The van der Waals surface area contributed by atoms with Gasteiger partial charge in [0.25, 0.3) is 0 Å². The number of alkyl halides is 1. The molecule has 3 heteroatoms. The molecule has 0 aromatic heterocycles. The Morgan fingerprint density at radius 1 is 1.28 bits per heavy atom. The van der Waals surface area contributed by atoms with E-state index in [9.17, 15) is 4.39 Å². The van der Waals surface area contributed by atoms with Gasteiger partial charge in [0, 0.05) is 6.54 Å². The maximum Gasteiger partial charge on any atom is 0.126 e. The van der Waals surface area contributed by atoms with Gasteiger partial charge in [-0.3, -0.25) is 0 Å². The van der Waals surface area contributed by atoms with Gasteiger partial charge in [0.1, 0.15) is 11.4 Å². The summed E-state index contributed by atoms with van der Waals surface area (Å²) in [5, 5.41) is 0. The predicted molar refractivity (Wildman–Crippen MR) is 69.5 cm³/mol. The molecule has 0 amide bonds. The van der Waals surface area contributed by atoms with Crippen molar-refractivity contribution < 1.29 is 9.13 Å². The van der Waals surface area contributed by atoms with Gasteiger partial charge in [0.05, 0.1) is 6.61 Å². The van der Waals surface area contributed by atoms with Gasteiger partial charge in [0.15, 0.2) is 0 Å². The highest BCUT2D eigenvalue weighted by molar-refractivity contribution is 5.38. The smallest absolute Gasteiger partial charge is 0.126 e. The Kier molecular flexibility index (Phi) is 3.02. The molecule has 2 unspecified atom stereocenters. The van der Waals surface area contributed by atoms with Crippen molar-refractivity contribution in [1.29, 1.82) is 0 Å². The largest absolute Gasteiger partial charge is 0.493 e. The van der Waals surface area contributed by atoms with Gasteiger partial charge < -0.3 is 10.5 Å². The zero-order valence-corrected chi connectivity index (χ0v) is 10.6. The minimum Gasteiger partial charge on any atom is -0.493 e. The molecule has 1 aromatic carbocycles.